The molecule has 5 rings (SSSR count). The molecular weight excluding hydrogens is 356 g/mol. The van der Waals surface area contributed by atoms with E-state index in [1.54, 1.807) is 0 Å². The van der Waals surface area contributed by atoms with Crippen molar-refractivity contribution in [3.8, 4) is 0 Å². The number of fused-ring (bicyclic) bond motifs is 2. The van der Waals surface area contributed by atoms with E-state index >= 15 is 0 Å². The maximum atomic E-state index is 6.11. The zero-order valence-corrected chi connectivity index (χ0v) is 16.1. The molecule has 1 fully saturated rings. The monoisotopic (exact) mass is 376 g/mol. The zero-order chi connectivity index (χ0) is 18.4. The van der Waals surface area contributed by atoms with E-state index in [1.165, 1.54) is 24.0 Å². The molecule has 136 valence electrons. The Kier molecular flexibility index (Phi) is 4.09. The predicted molar refractivity (Wildman–Crippen MR) is 113 cm³/mol. The molecule has 4 nitrogen and oxygen atoms in total. The highest BCUT2D eigenvalue weighted by Gasteiger charge is 2.27. The Labute approximate surface area is 164 Å². The third-order valence-corrected chi connectivity index (χ3v) is 5.82. The molecule has 1 saturated heterocycles. The van der Waals surface area contributed by atoms with Crippen molar-refractivity contribution < 1.29 is 0 Å². The zero-order valence-electron chi connectivity index (χ0n) is 15.4. The van der Waals surface area contributed by atoms with Crippen LogP contribution in [0.15, 0.2) is 52.0 Å². The van der Waals surface area contributed by atoms with E-state index in [-0.39, 0.29) is 0 Å². The van der Waals surface area contributed by atoms with Gasteiger partial charge in [-0.3, -0.25) is 9.98 Å². The van der Waals surface area contributed by atoms with Crippen LogP contribution in [-0.2, 0) is 0 Å². The quantitative estimate of drug-likeness (QED) is 0.778. The van der Waals surface area contributed by atoms with Crippen LogP contribution in [0.2, 0.25) is 5.02 Å². The predicted octanol–water partition coefficient (Wildman–Crippen LogP) is 4.41. The Morgan fingerprint density at radius 1 is 0.926 bits per heavy atom. The lowest BCUT2D eigenvalue weighted by Gasteiger charge is -2.19. The smallest absolute Gasteiger partial charge is 0.129 e. The van der Waals surface area contributed by atoms with E-state index in [9.17, 15) is 0 Å². The van der Waals surface area contributed by atoms with Crippen molar-refractivity contribution in [1.82, 2.24) is 4.98 Å². The summed E-state index contributed by atoms with van der Waals surface area (Å²) >= 11 is 6.11. The summed E-state index contributed by atoms with van der Waals surface area (Å²) in [5.41, 5.74) is 7.73. The van der Waals surface area contributed by atoms with E-state index in [0.717, 1.165) is 58.7 Å². The number of hydrogen-bond acceptors (Lipinski definition) is 4. The molecule has 3 aliphatic rings. The molecule has 2 aromatic rings. The first kappa shape index (κ1) is 16.7. The molecule has 3 aliphatic heterocycles. The number of halogens is 1. The highest BCUT2D eigenvalue weighted by Crippen LogP contribution is 2.34. The second-order valence-electron chi connectivity index (χ2n) is 7.31. The molecule has 0 atom stereocenters. The molecule has 0 amide bonds. The summed E-state index contributed by atoms with van der Waals surface area (Å²) in [5, 5.41) is 0.732. The molecule has 0 bridgehead atoms. The number of anilines is 1. The van der Waals surface area contributed by atoms with Crippen LogP contribution in [0, 0.1) is 0 Å². The maximum Gasteiger partial charge on any atom is 0.129 e. The molecule has 1 aromatic heterocycles. The Bertz CT molecular complexity index is 995. The van der Waals surface area contributed by atoms with Crippen molar-refractivity contribution in [3.05, 3.63) is 63.8 Å². The molecule has 0 spiro atoms. The first-order valence-corrected chi connectivity index (χ1v) is 9.89. The molecular formula is C22H21ClN4. The van der Waals surface area contributed by atoms with E-state index < -0.39 is 0 Å². The molecule has 4 heterocycles. The highest BCUT2D eigenvalue weighted by molar-refractivity contribution is 6.31. The van der Waals surface area contributed by atoms with Crippen molar-refractivity contribution in [3.63, 3.8) is 0 Å². The van der Waals surface area contributed by atoms with Gasteiger partial charge in [-0.25, -0.2) is 4.98 Å². The molecule has 0 radical (unpaired) electrons. The SMILES string of the molecule is CC1=NCC2=C1c1ccc(N3CCCC3)nc1C(c1ccc(Cl)cc1)=NC2. The van der Waals surface area contributed by atoms with Gasteiger partial charge in [-0.2, -0.15) is 0 Å². The van der Waals surface area contributed by atoms with E-state index in [1.807, 2.05) is 24.3 Å². The Balaban J connectivity index is 1.68. The minimum atomic E-state index is 0.670. The van der Waals surface area contributed by atoms with Crippen LogP contribution >= 0.6 is 11.6 Å². The standard InChI is InChI=1S/C22H21ClN4/c1-14-20-16(12-24-14)13-25-21(15-4-6-17(23)7-5-15)22-18(20)8-9-19(26-22)27-10-2-3-11-27/h4-9H,2-3,10-13H2,1H3. The number of rotatable bonds is 2. The Hall–Kier alpha value is -2.46. The molecule has 0 N–H and O–H groups in total. The third-order valence-electron chi connectivity index (χ3n) is 5.57. The largest absolute Gasteiger partial charge is 0.357 e. The fourth-order valence-corrected chi connectivity index (χ4v) is 4.31. The van der Waals surface area contributed by atoms with Crippen LogP contribution in [0.5, 0.6) is 0 Å². The number of allylic oxidation sites excluding steroid dienone is 1. The molecule has 0 unspecified atom stereocenters. The topological polar surface area (TPSA) is 40.9 Å². The van der Waals surface area contributed by atoms with Crippen molar-refractivity contribution >= 4 is 34.4 Å². The van der Waals surface area contributed by atoms with Crippen molar-refractivity contribution in [2.24, 2.45) is 9.98 Å². The van der Waals surface area contributed by atoms with Gasteiger partial charge in [-0.05, 0) is 49.6 Å². The van der Waals surface area contributed by atoms with Crippen molar-refractivity contribution in [2.75, 3.05) is 31.1 Å². The van der Waals surface area contributed by atoms with Gasteiger partial charge in [0.25, 0.3) is 0 Å². The summed E-state index contributed by atoms with van der Waals surface area (Å²) in [6, 6.07) is 12.3. The first-order chi connectivity index (χ1) is 13.2. The lowest BCUT2D eigenvalue weighted by Crippen LogP contribution is -2.21. The molecule has 0 saturated carbocycles. The second kappa shape index (κ2) is 6.61. The Morgan fingerprint density at radius 2 is 1.67 bits per heavy atom. The van der Waals surface area contributed by atoms with Gasteiger partial charge in [0.15, 0.2) is 0 Å². The van der Waals surface area contributed by atoms with E-state index in [4.69, 9.17) is 21.6 Å². The third kappa shape index (κ3) is 2.88. The number of hydrogen-bond donors (Lipinski definition) is 0. The van der Waals surface area contributed by atoms with Crippen molar-refractivity contribution in [1.29, 1.82) is 0 Å². The number of nitrogens with zero attached hydrogens (tertiary/aromatic N) is 4. The van der Waals surface area contributed by atoms with Gasteiger partial charge in [-0.1, -0.05) is 23.7 Å². The summed E-state index contributed by atoms with van der Waals surface area (Å²) in [7, 11) is 0. The summed E-state index contributed by atoms with van der Waals surface area (Å²) in [6.45, 7) is 5.66. The van der Waals surface area contributed by atoms with Gasteiger partial charge >= 0.3 is 0 Å². The van der Waals surface area contributed by atoms with Gasteiger partial charge in [0, 0.05) is 40.5 Å². The van der Waals surface area contributed by atoms with Crippen LogP contribution in [0.3, 0.4) is 0 Å². The Morgan fingerprint density at radius 3 is 2.44 bits per heavy atom. The summed E-state index contributed by atoms with van der Waals surface area (Å²) in [5.74, 6) is 1.05. The van der Waals surface area contributed by atoms with Crippen molar-refractivity contribution in [2.45, 2.75) is 19.8 Å². The van der Waals surface area contributed by atoms with Gasteiger partial charge in [0.05, 0.1) is 24.5 Å². The lowest BCUT2D eigenvalue weighted by molar-refractivity contribution is 0.935. The lowest BCUT2D eigenvalue weighted by atomic mass is 9.94. The normalized spacial score (nSPS) is 18.8. The number of pyridine rings is 1. The fourth-order valence-electron chi connectivity index (χ4n) is 4.18. The highest BCUT2D eigenvalue weighted by atomic mass is 35.5. The molecule has 0 aliphatic carbocycles. The maximum absolute atomic E-state index is 6.11. The molecule has 5 heteroatoms. The van der Waals surface area contributed by atoms with Crippen LogP contribution in [-0.4, -0.2) is 42.6 Å². The molecule has 27 heavy (non-hydrogen) atoms. The second-order valence-corrected chi connectivity index (χ2v) is 7.75. The minimum absolute atomic E-state index is 0.670. The van der Waals surface area contributed by atoms with Crippen LogP contribution in [0.1, 0.15) is 36.6 Å². The summed E-state index contributed by atoms with van der Waals surface area (Å²) in [6.07, 6.45) is 2.47. The van der Waals surface area contributed by atoms with Gasteiger partial charge in [0.1, 0.15) is 5.82 Å². The average Bonchev–Trinajstić information content (AvgIpc) is 3.30. The first-order valence-electron chi connectivity index (χ1n) is 9.51. The fraction of sp³-hybridized carbons (Fsp3) is 0.318. The van der Waals surface area contributed by atoms with Crippen LogP contribution < -0.4 is 4.90 Å². The average molecular weight is 377 g/mol. The number of benzene rings is 1. The van der Waals surface area contributed by atoms with Crippen LogP contribution in [0.4, 0.5) is 5.82 Å². The van der Waals surface area contributed by atoms with E-state index in [0.29, 0.717) is 6.54 Å². The van der Waals surface area contributed by atoms with Gasteiger partial charge in [-0.15, -0.1) is 0 Å². The van der Waals surface area contributed by atoms with E-state index in [2.05, 4.69) is 28.9 Å². The van der Waals surface area contributed by atoms with Gasteiger partial charge < -0.3 is 4.90 Å². The summed E-state index contributed by atoms with van der Waals surface area (Å²) in [4.78, 5) is 17.1. The summed E-state index contributed by atoms with van der Waals surface area (Å²) < 4.78 is 0. The minimum Gasteiger partial charge on any atom is -0.357 e. The number of aliphatic imine (C=N–C) groups is 2. The number of aromatic nitrogens is 1. The van der Waals surface area contributed by atoms with Gasteiger partial charge in [0.2, 0.25) is 0 Å². The molecule has 1 aromatic carbocycles. The van der Waals surface area contributed by atoms with Crippen LogP contribution in [0.25, 0.3) is 5.57 Å².